The van der Waals surface area contributed by atoms with Gasteiger partial charge < -0.3 is 5.32 Å². The number of amides is 1. The number of anilines is 1. The zero-order valence-electron chi connectivity index (χ0n) is 11.8. The Balaban J connectivity index is 1.63. The number of nitrogens with one attached hydrogen (secondary N) is 2. The van der Waals surface area contributed by atoms with Crippen LogP contribution in [0.1, 0.15) is 12.0 Å². The topological polar surface area (TPSA) is 70.7 Å². The first kappa shape index (κ1) is 13.4. The Morgan fingerprint density at radius 3 is 3.00 bits per heavy atom. The summed E-state index contributed by atoms with van der Waals surface area (Å²) in [6.07, 6.45) is 1.17. The smallest absolute Gasteiger partial charge is 0.232 e. The average Bonchev–Trinajstić information content (AvgIpc) is 2.90. The van der Waals surface area contributed by atoms with Crippen molar-refractivity contribution >= 4 is 32.6 Å². The second kappa shape index (κ2) is 4.88. The molecule has 1 amide bonds. The molecule has 2 unspecified atom stereocenters. The number of H-pyrrole nitrogens is 1. The number of halogens is 1. The molecule has 1 aliphatic carbocycles. The number of carbonyl (C=O) groups excluding carboxylic acids is 1. The summed E-state index contributed by atoms with van der Waals surface area (Å²) < 4.78 is 13.9. The summed E-state index contributed by atoms with van der Waals surface area (Å²) in [6.45, 7) is 1.99. The van der Waals surface area contributed by atoms with E-state index in [0.717, 1.165) is 27.0 Å². The van der Waals surface area contributed by atoms with Crippen LogP contribution in [0.15, 0.2) is 24.4 Å². The molecule has 1 aliphatic rings. The van der Waals surface area contributed by atoms with Gasteiger partial charge >= 0.3 is 0 Å². The van der Waals surface area contributed by atoms with Crippen LogP contribution in [-0.4, -0.2) is 27.3 Å². The predicted molar refractivity (Wildman–Crippen MR) is 83.6 cm³/mol. The Labute approximate surface area is 129 Å². The Kier molecular flexibility index (Phi) is 2.97. The van der Waals surface area contributed by atoms with Gasteiger partial charge in [-0.25, -0.2) is 9.37 Å². The van der Waals surface area contributed by atoms with Crippen molar-refractivity contribution in [3.63, 3.8) is 0 Å². The van der Waals surface area contributed by atoms with Crippen molar-refractivity contribution in [1.82, 2.24) is 15.2 Å². The van der Waals surface area contributed by atoms with E-state index in [1.54, 1.807) is 0 Å². The molecule has 1 saturated carbocycles. The van der Waals surface area contributed by atoms with Crippen molar-refractivity contribution in [3.8, 4) is 11.3 Å². The molecule has 2 atom stereocenters. The van der Waals surface area contributed by atoms with Gasteiger partial charge in [-0.3, -0.25) is 9.89 Å². The van der Waals surface area contributed by atoms with E-state index >= 15 is 0 Å². The second-order valence-electron chi connectivity index (χ2n) is 5.47. The van der Waals surface area contributed by atoms with Gasteiger partial charge in [-0.15, -0.1) is 0 Å². The molecule has 0 bridgehead atoms. The molecule has 0 aliphatic heterocycles. The maximum Gasteiger partial charge on any atom is 0.232 e. The quantitative estimate of drug-likeness (QED) is 0.779. The summed E-state index contributed by atoms with van der Waals surface area (Å²) >= 11 is 1.39. The summed E-state index contributed by atoms with van der Waals surface area (Å²) in [5.41, 5.74) is 3.78. The lowest BCUT2D eigenvalue weighted by molar-refractivity contribution is -0.117. The molecule has 22 heavy (non-hydrogen) atoms. The Bertz CT molecular complexity index is 871. The Hall–Kier alpha value is -2.28. The molecule has 112 valence electrons. The van der Waals surface area contributed by atoms with Gasteiger partial charge in [-0.2, -0.15) is 5.10 Å². The predicted octanol–water partition coefficient (Wildman–Crippen LogP) is 3.29. The van der Waals surface area contributed by atoms with Crippen LogP contribution in [0, 0.1) is 12.8 Å². The van der Waals surface area contributed by atoms with E-state index in [1.165, 1.54) is 11.3 Å². The fraction of sp³-hybridized carbons (Fsp3) is 0.267. The molecule has 1 fully saturated rings. The summed E-state index contributed by atoms with van der Waals surface area (Å²) in [6, 6.07) is 5.86. The van der Waals surface area contributed by atoms with Crippen molar-refractivity contribution in [1.29, 1.82) is 0 Å². The lowest BCUT2D eigenvalue weighted by atomic mass is 10.1. The first-order valence-corrected chi connectivity index (χ1v) is 7.80. The summed E-state index contributed by atoms with van der Waals surface area (Å²) in [4.78, 5) is 16.1. The maximum atomic E-state index is 12.9. The van der Waals surface area contributed by atoms with Crippen LogP contribution >= 0.6 is 11.3 Å². The highest BCUT2D eigenvalue weighted by Gasteiger charge is 2.43. The van der Waals surface area contributed by atoms with Crippen molar-refractivity contribution in [2.24, 2.45) is 5.92 Å². The lowest BCUT2D eigenvalue weighted by Gasteiger charge is -1.97. The Morgan fingerprint density at radius 1 is 1.50 bits per heavy atom. The largest absolute Gasteiger partial charge is 0.302 e. The molecule has 1 aromatic carbocycles. The first-order valence-electron chi connectivity index (χ1n) is 6.98. The number of aromatic nitrogens is 3. The van der Waals surface area contributed by atoms with Crippen LogP contribution < -0.4 is 5.32 Å². The Morgan fingerprint density at radius 2 is 2.32 bits per heavy atom. The molecule has 0 saturated heterocycles. The van der Waals surface area contributed by atoms with Crippen LogP contribution in [-0.2, 0) is 4.79 Å². The molecule has 3 aromatic rings. The van der Waals surface area contributed by atoms with E-state index in [-0.39, 0.29) is 5.91 Å². The highest BCUT2D eigenvalue weighted by Crippen LogP contribution is 2.36. The standard InChI is InChI=1S/C15H13FN4OS/c1-7-6-17-20-13(7)8-2-3-11-12(4-8)22-15(18-11)19-14(21)9-5-10(9)16/h2-4,6,9-10H,5H2,1H3,(H,17,20)(H,18,19,21). The fourth-order valence-electron chi connectivity index (χ4n) is 2.40. The van der Waals surface area contributed by atoms with E-state index < -0.39 is 12.1 Å². The number of aryl methyl sites for hydroxylation is 1. The number of carbonyl (C=O) groups is 1. The van der Waals surface area contributed by atoms with E-state index in [4.69, 9.17) is 0 Å². The van der Waals surface area contributed by atoms with Crippen LogP contribution in [0.2, 0.25) is 0 Å². The minimum Gasteiger partial charge on any atom is -0.302 e. The minimum absolute atomic E-state index is 0.282. The van der Waals surface area contributed by atoms with Gasteiger partial charge in [0.1, 0.15) is 6.17 Å². The zero-order valence-corrected chi connectivity index (χ0v) is 12.6. The number of benzene rings is 1. The van der Waals surface area contributed by atoms with Gasteiger partial charge in [0.05, 0.1) is 21.8 Å². The van der Waals surface area contributed by atoms with Crippen LogP contribution in [0.3, 0.4) is 0 Å². The number of thiazole rings is 1. The van der Waals surface area contributed by atoms with Crippen LogP contribution in [0.5, 0.6) is 0 Å². The van der Waals surface area contributed by atoms with Gasteiger partial charge in [0.15, 0.2) is 5.13 Å². The molecule has 2 aromatic heterocycles. The van der Waals surface area contributed by atoms with Gasteiger partial charge in [-0.05, 0) is 31.0 Å². The number of alkyl halides is 1. The second-order valence-corrected chi connectivity index (χ2v) is 6.50. The highest BCUT2D eigenvalue weighted by molar-refractivity contribution is 7.22. The molecule has 2 heterocycles. The molecule has 4 rings (SSSR count). The molecule has 2 N–H and O–H groups in total. The number of hydrogen-bond donors (Lipinski definition) is 2. The summed E-state index contributed by atoms with van der Waals surface area (Å²) in [7, 11) is 0. The molecule has 7 heteroatoms. The van der Waals surface area contributed by atoms with Gasteiger partial charge in [-0.1, -0.05) is 17.4 Å². The van der Waals surface area contributed by atoms with Crippen molar-refractivity contribution in [2.45, 2.75) is 19.5 Å². The fourth-order valence-corrected chi connectivity index (χ4v) is 3.31. The average molecular weight is 316 g/mol. The zero-order chi connectivity index (χ0) is 15.3. The molecular weight excluding hydrogens is 303 g/mol. The summed E-state index contributed by atoms with van der Waals surface area (Å²) in [5.74, 6) is -0.788. The molecule has 0 spiro atoms. The highest BCUT2D eigenvalue weighted by atomic mass is 32.1. The molecule has 0 radical (unpaired) electrons. The van der Waals surface area contributed by atoms with E-state index in [0.29, 0.717) is 11.6 Å². The third-order valence-electron chi connectivity index (χ3n) is 3.77. The normalized spacial score (nSPS) is 20.3. The van der Waals surface area contributed by atoms with E-state index in [1.807, 2.05) is 31.3 Å². The van der Waals surface area contributed by atoms with E-state index in [2.05, 4.69) is 20.5 Å². The van der Waals surface area contributed by atoms with E-state index in [9.17, 15) is 9.18 Å². The maximum absolute atomic E-state index is 12.9. The van der Waals surface area contributed by atoms with Gasteiger partial charge in [0.25, 0.3) is 0 Å². The number of nitrogens with zero attached hydrogens (tertiary/aromatic N) is 2. The number of rotatable bonds is 3. The van der Waals surface area contributed by atoms with Crippen molar-refractivity contribution in [2.75, 3.05) is 5.32 Å². The monoisotopic (exact) mass is 316 g/mol. The van der Waals surface area contributed by atoms with Crippen LogP contribution in [0.4, 0.5) is 9.52 Å². The third kappa shape index (κ3) is 2.27. The van der Waals surface area contributed by atoms with Gasteiger partial charge in [0.2, 0.25) is 5.91 Å². The summed E-state index contributed by atoms with van der Waals surface area (Å²) in [5, 5.41) is 10.3. The molecular formula is C15H13FN4OS. The number of fused-ring (bicyclic) bond motifs is 1. The van der Waals surface area contributed by atoms with Gasteiger partial charge in [0, 0.05) is 11.8 Å². The lowest BCUT2D eigenvalue weighted by Crippen LogP contribution is -2.14. The minimum atomic E-state index is -0.997. The SMILES string of the molecule is Cc1c[nH]nc1-c1ccc2nc(NC(=O)C3CC3F)sc2c1. The number of hydrogen-bond acceptors (Lipinski definition) is 4. The van der Waals surface area contributed by atoms with Crippen molar-refractivity contribution in [3.05, 3.63) is 30.0 Å². The third-order valence-corrected chi connectivity index (χ3v) is 4.71. The molecule has 5 nitrogen and oxygen atoms in total. The van der Waals surface area contributed by atoms with Crippen molar-refractivity contribution < 1.29 is 9.18 Å². The first-order chi connectivity index (χ1) is 10.6. The van der Waals surface area contributed by atoms with Crippen LogP contribution in [0.25, 0.3) is 21.5 Å². The number of aromatic amines is 1.